The highest BCUT2D eigenvalue weighted by molar-refractivity contribution is 7.99. The maximum atomic E-state index is 11.3. The van der Waals surface area contributed by atoms with E-state index in [1.165, 1.54) is 0 Å². The van der Waals surface area contributed by atoms with Gasteiger partial charge in [0.05, 0.1) is 16.7 Å². The number of hydrogen-bond acceptors (Lipinski definition) is 4. The fourth-order valence-corrected chi connectivity index (χ4v) is 2.57. The van der Waals surface area contributed by atoms with Crippen LogP contribution in [0.15, 0.2) is 23.1 Å². The van der Waals surface area contributed by atoms with Gasteiger partial charge in [0.2, 0.25) is 0 Å². The Balaban J connectivity index is 2.37. The van der Waals surface area contributed by atoms with Crippen LogP contribution in [0.3, 0.4) is 0 Å². The predicted molar refractivity (Wildman–Crippen MR) is 76.4 cm³/mol. The van der Waals surface area contributed by atoms with E-state index < -0.39 is 6.04 Å². The Labute approximate surface area is 121 Å². The van der Waals surface area contributed by atoms with E-state index in [2.05, 4.69) is 0 Å². The highest BCUT2D eigenvalue weighted by Gasteiger charge is 2.13. The van der Waals surface area contributed by atoms with Crippen LogP contribution in [0.25, 0.3) is 0 Å². The molecule has 1 unspecified atom stereocenters. The lowest BCUT2D eigenvalue weighted by molar-refractivity contribution is -0.144. The molecule has 0 radical (unpaired) electrons. The fourth-order valence-electron chi connectivity index (χ4n) is 1.24. The minimum Gasteiger partial charge on any atom is -0.465 e. The summed E-state index contributed by atoms with van der Waals surface area (Å²) >= 11 is 13.3. The number of carbonyl (C=O) groups excluding carboxylic acids is 1. The van der Waals surface area contributed by atoms with Gasteiger partial charge in [0.1, 0.15) is 6.04 Å². The van der Waals surface area contributed by atoms with Gasteiger partial charge >= 0.3 is 5.97 Å². The highest BCUT2D eigenvalue weighted by Crippen LogP contribution is 2.28. The Bertz CT molecular complexity index is 415. The van der Waals surface area contributed by atoms with Crippen LogP contribution in [0.2, 0.25) is 10.0 Å². The van der Waals surface area contributed by atoms with Gasteiger partial charge in [0.25, 0.3) is 0 Å². The molecule has 0 spiro atoms. The molecule has 6 heteroatoms. The molecule has 2 N–H and O–H groups in total. The molecule has 0 fully saturated rings. The van der Waals surface area contributed by atoms with Crippen molar-refractivity contribution in [1.82, 2.24) is 0 Å². The number of hydrogen-bond donors (Lipinski definition) is 1. The van der Waals surface area contributed by atoms with E-state index in [1.54, 1.807) is 30.8 Å². The third-order valence-electron chi connectivity index (χ3n) is 2.18. The van der Waals surface area contributed by atoms with Crippen LogP contribution in [0, 0.1) is 0 Å². The third kappa shape index (κ3) is 5.06. The van der Waals surface area contributed by atoms with Crippen LogP contribution in [0.5, 0.6) is 0 Å². The molecule has 0 aliphatic heterocycles. The van der Waals surface area contributed by atoms with E-state index in [1.807, 2.05) is 6.07 Å². The van der Waals surface area contributed by atoms with Crippen LogP contribution >= 0.6 is 35.0 Å². The van der Waals surface area contributed by atoms with Crippen molar-refractivity contribution in [3.05, 3.63) is 28.2 Å². The van der Waals surface area contributed by atoms with Crippen LogP contribution in [-0.4, -0.2) is 24.4 Å². The van der Waals surface area contributed by atoms with Gasteiger partial charge in [0.15, 0.2) is 0 Å². The van der Waals surface area contributed by atoms with Gasteiger partial charge in [-0.2, -0.15) is 0 Å². The van der Waals surface area contributed by atoms with Gasteiger partial charge in [-0.1, -0.05) is 23.2 Å². The third-order valence-corrected chi connectivity index (χ3v) is 3.94. The molecule has 0 aromatic heterocycles. The van der Waals surface area contributed by atoms with Crippen LogP contribution in [-0.2, 0) is 9.53 Å². The molecule has 1 atom stereocenters. The Morgan fingerprint density at radius 1 is 1.44 bits per heavy atom. The molecule has 1 aromatic rings. The van der Waals surface area contributed by atoms with Crippen LogP contribution < -0.4 is 5.73 Å². The summed E-state index contributed by atoms with van der Waals surface area (Å²) in [7, 11) is 0. The smallest absolute Gasteiger partial charge is 0.322 e. The maximum Gasteiger partial charge on any atom is 0.322 e. The zero-order chi connectivity index (χ0) is 13.5. The van der Waals surface area contributed by atoms with E-state index in [0.717, 1.165) is 10.6 Å². The Morgan fingerprint density at radius 3 is 2.78 bits per heavy atom. The summed E-state index contributed by atoms with van der Waals surface area (Å²) < 4.78 is 4.83. The molecular formula is C12H15Cl2NO2S. The lowest BCUT2D eigenvalue weighted by Gasteiger charge is -2.10. The molecule has 0 aliphatic rings. The second kappa shape index (κ2) is 7.89. The zero-order valence-electron chi connectivity index (χ0n) is 9.99. The molecule has 1 aromatic carbocycles. The minimum atomic E-state index is -0.569. The summed E-state index contributed by atoms with van der Waals surface area (Å²) in [5.41, 5.74) is 5.69. The lowest BCUT2D eigenvalue weighted by Crippen LogP contribution is -2.32. The molecule has 0 heterocycles. The first-order chi connectivity index (χ1) is 8.54. The van der Waals surface area contributed by atoms with Crippen molar-refractivity contribution in [3.8, 4) is 0 Å². The standard InChI is InChI=1S/C12H15Cl2NO2S/c1-2-17-12(16)11(15)5-6-18-8-3-4-9(13)10(14)7-8/h3-4,7,11H,2,5-6,15H2,1H3. The van der Waals surface area contributed by atoms with E-state index >= 15 is 0 Å². The van der Waals surface area contributed by atoms with Gasteiger partial charge < -0.3 is 10.5 Å². The van der Waals surface area contributed by atoms with Gasteiger partial charge in [-0.15, -0.1) is 11.8 Å². The minimum absolute atomic E-state index is 0.354. The Morgan fingerprint density at radius 2 is 2.17 bits per heavy atom. The quantitative estimate of drug-likeness (QED) is 0.647. The number of rotatable bonds is 6. The summed E-state index contributed by atoms with van der Waals surface area (Å²) in [5, 5.41) is 1.06. The van der Waals surface area contributed by atoms with Crippen LogP contribution in [0.4, 0.5) is 0 Å². The van der Waals surface area contributed by atoms with E-state index in [-0.39, 0.29) is 5.97 Å². The van der Waals surface area contributed by atoms with Crippen molar-refractivity contribution in [2.24, 2.45) is 5.73 Å². The molecule has 0 amide bonds. The van der Waals surface area contributed by atoms with Crippen LogP contribution in [0.1, 0.15) is 13.3 Å². The molecule has 0 saturated carbocycles. The predicted octanol–water partition coefficient (Wildman–Crippen LogP) is 3.37. The van der Waals surface area contributed by atoms with Crippen molar-refractivity contribution in [2.75, 3.05) is 12.4 Å². The van der Waals surface area contributed by atoms with Crippen molar-refractivity contribution in [2.45, 2.75) is 24.3 Å². The Hall–Kier alpha value is -0.420. The van der Waals surface area contributed by atoms with Crippen molar-refractivity contribution in [3.63, 3.8) is 0 Å². The first-order valence-corrected chi connectivity index (χ1v) is 7.28. The number of nitrogens with two attached hydrogens (primary N) is 1. The van der Waals surface area contributed by atoms with Crippen molar-refractivity contribution < 1.29 is 9.53 Å². The molecule has 0 aliphatic carbocycles. The van der Waals surface area contributed by atoms with E-state index in [9.17, 15) is 4.79 Å². The van der Waals surface area contributed by atoms with Gasteiger partial charge in [-0.25, -0.2) is 0 Å². The summed E-state index contributed by atoms with van der Waals surface area (Å²) in [5.74, 6) is 0.366. The number of thioether (sulfide) groups is 1. The second-order valence-corrected chi connectivity index (χ2v) is 5.55. The number of ether oxygens (including phenoxy) is 1. The average molecular weight is 308 g/mol. The number of esters is 1. The summed E-state index contributed by atoms with van der Waals surface area (Å²) in [6.07, 6.45) is 0.559. The largest absolute Gasteiger partial charge is 0.465 e. The summed E-state index contributed by atoms with van der Waals surface area (Å²) in [4.78, 5) is 12.3. The molecule has 1 rings (SSSR count). The number of benzene rings is 1. The summed E-state index contributed by atoms with van der Waals surface area (Å²) in [6, 6.07) is 4.86. The second-order valence-electron chi connectivity index (χ2n) is 3.57. The molecule has 100 valence electrons. The van der Waals surface area contributed by atoms with E-state index in [0.29, 0.717) is 23.1 Å². The number of halogens is 2. The normalized spacial score (nSPS) is 12.2. The number of carbonyl (C=O) groups is 1. The van der Waals surface area contributed by atoms with Crippen molar-refractivity contribution >= 4 is 40.9 Å². The molecular weight excluding hydrogens is 293 g/mol. The topological polar surface area (TPSA) is 52.3 Å². The van der Waals surface area contributed by atoms with Gasteiger partial charge in [0, 0.05) is 10.6 Å². The molecule has 18 heavy (non-hydrogen) atoms. The molecule has 0 bridgehead atoms. The lowest BCUT2D eigenvalue weighted by atomic mass is 10.2. The van der Waals surface area contributed by atoms with Gasteiger partial charge in [-0.3, -0.25) is 4.79 Å². The molecule has 3 nitrogen and oxygen atoms in total. The first kappa shape index (κ1) is 15.6. The van der Waals surface area contributed by atoms with Crippen molar-refractivity contribution in [1.29, 1.82) is 0 Å². The van der Waals surface area contributed by atoms with Gasteiger partial charge in [-0.05, 0) is 31.5 Å². The fraction of sp³-hybridized carbons (Fsp3) is 0.417. The molecule has 0 saturated heterocycles. The average Bonchev–Trinajstić information content (AvgIpc) is 2.34. The SMILES string of the molecule is CCOC(=O)C(N)CCSc1ccc(Cl)c(Cl)c1. The monoisotopic (exact) mass is 307 g/mol. The zero-order valence-corrected chi connectivity index (χ0v) is 12.3. The summed E-state index contributed by atoms with van der Waals surface area (Å²) in [6.45, 7) is 2.11. The highest BCUT2D eigenvalue weighted by atomic mass is 35.5. The Kier molecular flexibility index (Phi) is 6.86. The first-order valence-electron chi connectivity index (χ1n) is 5.54. The van der Waals surface area contributed by atoms with E-state index in [4.69, 9.17) is 33.7 Å². The maximum absolute atomic E-state index is 11.3.